The van der Waals surface area contributed by atoms with Gasteiger partial charge in [0.1, 0.15) is 0 Å². The maximum atomic E-state index is 9.68. The van der Waals surface area contributed by atoms with Crippen molar-refractivity contribution in [3.63, 3.8) is 0 Å². The SMILES string of the molecule is COCCn1c(C)cc(/C=C(/C#N)c2ccc3ccccc3c2)c1C. The molecule has 126 valence electrons. The van der Waals surface area contributed by atoms with Crippen LogP contribution >= 0.6 is 0 Å². The molecule has 0 bridgehead atoms. The fraction of sp³-hybridized carbons (Fsp3) is 0.227. The van der Waals surface area contributed by atoms with Crippen molar-refractivity contribution in [3.05, 3.63) is 71.0 Å². The summed E-state index contributed by atoms with van der Waals surface area (Å²) >= 11 is 0. The second kappa shape index (κ2) is 7.38. The first-order valence-electron chi connectivity index (χ1n) is 8.40. The van der Waals surface area contributed by atoms with Crippen LogP contribution in [0.5, 0.6) is 0 Å². The standard InChI is InChI=1S/C22H22N2O/c1-16-12-21(17(2)24(16)10-11-25-3)14-22(15-23)20-9-8-18-6-4-5-7-19(18)13-20/h4-9,12-14H,10-11H2,1-3H3/b22-14-. The maximum Gasteiger partial charge on any atom is 0.0998 e. The van der Waals surface area contributed by atoms with Gasteiger partial charge in [0.25, 0.3) is 0 Å². The molecule has 1 aromatic heterocycles. The van der Waals surface area contributed by atoms with E-state index >= 15 is 0 Å². The van der Waals surface area contributed by atoms with Crippen molar-refractivity contribution in [1.82, 2.24) is 4.57 Å². The van der Waals surface area contributed by atoms with E-state index in [2.05, 4.69) is 54.8 Å². The van der Waals surface area contributed by atoms with Gasteiger partial charge in [-0.3, -0.25) is 0 Å². The lowest BCUT2D eigenvalue weighted by Crippen LogP contribution is -2.07. The van der Waals surface area contributed by atoms with Crippen LogP contribution in [-0.2, 0) is 11.3 Å². The van der Waals surface area contributed by atoms with Crippen molar-refractivity contribution in [3.8, 4) is 6.07 Å². The van der Waals surface area contributed by atoms with E-state index in [1.165, 1.54) is 11.1 Å². The number of nitriles is 1. The Labute approximate surface area is 148 Å². The second-order valence-corrected chi connectivity index (χ2v) is 6.20. The molecule has 3 heteroatoms. The highest BCUT2D eigenvalue weighted by molar-refractivity contribution is 5.94. The van der Waals surface area contributed by atoms with Crippen LogP contribution in [0.25, 0.3) is 22.4 Å². The van der Waals surface area contributed by atoms with Crippen LogP contribution in [0.3, 0.4) is 0 Å². The number of methoxy groups -OCH3 is 1. The van der Waals surface area contributed by atoms with Crippen LogP contribution < -0.4 is 0 Å². The Kier molecular flexibility index (Phi) is 5.02. The van der Waals surface area contributed by atoms with E-state index in [1.807, 2.05) is 24.3 Å². The summed E-state index contributed by atoms with van der Waals surface area (Å²) in [6.45, 7) is 5.67. The lowest BCUT2D eigenvalue weighted by Gasteiger charge is -2.08. The summed E-state index contributed by atoms with van der Waals surface area (Å²) in [6.07, 6.45) is 1.98. The number of ether oxygens (including phenoxy) is 1. The van der Waals surface area contributed by atoms with E-state index in [4.69, 9.17) is 4.74 Å². The van der Waals surface area contributed by atoms with Crippen LogP contribution in [0.15, 0.2) is 48.5 Å². The summed E-state index contributed by atoms with van der Waals surface area (Å²) in [5.41, 5.74) is 5.04. The first kappa shape index (κ1) is 17.0. The third-order valence-electron chi connectivity index (χ3n) is 4.61. The van der Waals surface area contributed by atoms with Gasteiger partial charge in [-0.25, -0.2) is 0 Å². The van der Waals surface area contributed by atoms with Crippen LogP contribution in [0.1, 0.15) is 22.5 Å². The Morgan fingerprint density at radius 3 is 2.60 bits per heavy atom. The Hall–Kier alpha value is -2.83. The van der Waals surface area contributed by atoms with Crippen molar-refractivity contribution in [2.75, 3.05) is 13.7 Å². The molecule has 0 aliphatic carbocycles. The van der Waals surface area contributed by atoms with Gasteiger partial charge in [-0.1, -0.05) is 36.4 Å². The maximum absolute atomic E-state index is 9.68. The first-order valence-corrected chi connectivity index (χ1v) is 8.40. The predicted octanol–water partition coefficient (Wildman–Crippen LogP) is 4.97. The minimum atomic E-state index is 0.676. The van der Waals surface area contributed by atoms with Gasteiger partial charge >= 0.3 is 0 Å². The lowest BCUT2D eigenvalue weighted by molar-refractivity contribution is 0.186. The minimum Gasteiger partial charge on any atom is -0.383 e. The van der Waals surface area contributed by atoms with Crippen LogP contribution in [-0.4, -0.2) is 18.3 Å². The normalized spacial score (nSPS) is 11.7. The van der Waals surface area contributed by atoms with Crippen LogP contribution in [0.2, 0.25) is 0 Å². The lowest BCUT2D eigenvalue weighted by atomic mass is 10.0. The van der Waals surface area contributed by atoms with E-state index in [9.17, 15) is 5.26 Å². The van der Waals surface area contributed by atoms with Gasteiger partial charge in [0.05, 0.1) is 18.2 Å². The third-order valence-corrected chi connectivity index (χ3v) is 4.61. The number of rotatable bonds is 5. The number of hydrogen-bond acceptors (Lipinski definition) is 2. The summed E-state index contributed by atoms with van der Waals surface area (Å²) in [5, 5.41) is 12.0. The van der Waals surface area contributed by atoms with Crippen molar-refractivity contribution in [1.29, 1.82) is 5.26 Å². The van der Waals surface area contributed by atoms with E-state index in [0.717, 1.165) is 28.8 Å². The average molecular weight is 330 g/mol. The highest BCUT2D eigenvalue weighted by atomic mass is 16.5. The molecular weight excluding hydrogens is 308 g/mol. The number of allylic oxidation sites excluding steroid dienone is 1. The zero-order valence-corrected chi connectivity index (χ0v) is 14.9. The molecule has 0 aliphatic rings. The zero-order chi connectivity index (χ0) is 17.8. The van der Waals surface area contributed by atoms with Gasteiger partial charge in [-0.2, -0.15) is 5.26 Å². The number of aromatic nitrogens is 1. The van der Waals surface area contributed by atoms with Gasteiger partial charge in [0.2, 0.25) is 0 Å². The molecule has 0 amide bonds. The molecule has 0 fully saturated rings. The van der Waals surface area contributed by atoms with E-state index < -0.39 is 0 Å². The molecule has 0 aliphatic heterocycles. The van der Waals surface area contributed by atoms with Gasteiger partial charge < -0.3 is 9.30 Å². The summed E-state index contributed by atoms with van der Waals surface area (Å²) in [4.78, 5) is 0. The molecule has 0 radical (unpaired) electrons. The molecule has 25 heavy (non-hydrogen) atoms. The first-order chi connectivity index (χ1) is 12.1. The van der Waals surface area contributed by atoms with Gasteiger partial charge in [0.15, 0.2) is 0 Å². The monoisotopic (exact) mass is 330 g/mol. The second-order valence-electron chi connectivity index (χ2n) is 6.20. The number of nitrogens with zero attached hydrogens (tertiary/aromatic N) is 2. The molecule has 3 aromatic rings. The van der Waals surface area contributed by atoms with Crippen LogP contribution in [0, 0.1) is 25.2 Å². The summed E-state index contributed by atoms with van der Waals surface area (Å²) in [5.74, 6) is 0. The molecule has 1 heterocycles. The van der Waals surface area contributed by atoms with Crippen molar-refractivity contribution in [2.24, 2.45) is 0 Å². The topological polar surface area (TPSA) is 38.0 Å². The van der Waals surface area contributed by atoms with E-state index in [0.29, 0.717) is 12.2 Å². The van der Waals surface area contributed by atoms with E-state index in [1.54, 1.807) is 7.11 Å². The molecule has 2 aromatic carbocycles. The third kappa shape index (κ3) is 3.50. The molecule has 3 rings (SSSR count). The molecule has 0 spiro atoms. The molecule has 3 nitrogen and oxygen atoms in total. The minimum absolute atomic E-state index is 0.676. The van der Waals surface area contributed by atoms with Crippen molar-refractivity contribution < 1.29 is 4.74 Å². The largest absolute Gasteiger partial charge is 0.383 e. The Bertz CT molecular complexity index is 973. The summed E-state index contributed by atoms with van der Waals surface area (Å²) < 4.78 is 7.42. The Morgan fingerprint density at radius 1 is 1.12 bits per heavy atom. The van der Waals surface area contributed by atoms with Gasteiger partial charge in [-0.05, 0) is 54.0 Å². The summed E-state index contributed by atoms with van der Waals surface area (Å²) in [6, 6.07) is 18.8. The molecule has 0 saturated carbocycles. The fourth-order valence-electron chi connectivity index (χ4n) is 3.19. The molecule has 0 atom stereocenters. The van der Waals surface area contributed by atoms with Crippen LogP contribution in [0.4, 0.5) is 0 Å². The summed E-state index contributed by atoms with van der Waals surface area (Å²) in [7, 11) is 1.71. The zero-order valence-electron chi connectivity index (χ0n) is 14.9. The van der Waals surface area contributed by atoms with Crippen molar-refractivity contribution in [2.45, 2.75) is 20.4 Å². The predicted molar refractivity (Wildman–Crippen MR) is 103 cm³/mol. The number of benzene rings is 2. The number of aryl methyl sites for hydroxylation is 1. The molecular formula is C22H22N2O. The Morgan fingerprint density at radius 2 is 1.88 bits per heavy atom. The quantitative estimate of drug-likeness (QED) is 0.620. The highest BCUT2D eigenvalue weighted by Crippen LogP contribution is 2.25. The van der Waals surface area contributed by atoms with Gasteiger partial charge in [-0.15, -0.1) is 0 Å². The van der Waals surface area contributed by atoms with Crippen molar-refractivity contribution >= 4 is 22.4 Å². The fourth-order valence-corrected chi connectivity index (χ4v) is 3.19. The Balaban J connectivity index is 2.01. The average Bonchev–Trinajstić information content (AvgIpc) is 2.90. The number of fused-ring (bicyclic) bond motifs is 1. The molecule has 0 saturated heterocycles. The van der Waals surface area contributed by atoms with E-state index in [-0.39, 0.29) is 0 Å². The smallest absolute Gasteiger partial charge is 0.0998 e. The number of hydrogen-bond donors (Lipinski definition) is 0. The molecule has 0 unspecified atom stereocenters. The van der Waals surface area contributed by atoms with Gasteiger partial charge in [0, 0.05) is 25.0 Å². The molecule has 0 N–H and O–H groups in total. The highest BCUT2D eigenvalue weighted by Gasteiger charge is 2.09.